The van der Waals surface area contributed by atoms with E-state index in [0.29, 0.717) is 17.9 Å². The Labute approximate surface area is 124 Å². The van der Waals surface area contributed by atoms with Gasteiger partial charge in [-0.3, -0.25) is 0 Å². The zero-order valence-electron chi connectivity index (χ0n) is 11.7. The zero-order valence-corrected chi connectivity index (χ0v) is 12.5. The van der Waals surface area contributed by atoms with Gasteiger partial charge < -0.3 is 5.73 Å². The van der Waals surface area contributed by atoms with Crippen molar-refractivity contribution in [2.24, 2.45) is 5.73 Å². The van der Waals surface area contributed by atoms with Crippen LogP contribution in [0.1, 0.15) is 52.7 Å². The average Bonchev–Trinajstić information content (AvgIpc) is 2.92. The molecule has 3 atom stereocenters. The van der Waals surface area contributed by atoms with E-state index in [2.05, 4.69) is 35.7 Å². The van der Waals surface area contributed by atoms with Gasteiger partial charge in [0.1, 0.15) is 0 Å². The van der Waals surface area contributed by atoms with E-state index in [1.807, 2.05) is 11.3 Å². The number of aryl methyl sites for hydroxylation is 1. The Bertz CT molecular complexity index is 615. The number of rotatable bonds is 3. The minimum atomic E-state index is 0.321. The molecular weight excluding hydrogens is 262 g/mol. The van der Waals surface area contributed by atoms with Crippen molar-refractivity contribution in [2.45, 2.75) is 50.0 Å². The number of thiophene rings is 1. The molecule has 0 saturated heterocycles. The molecule has 0 bridgehead atoms. The minimum Gasteiger partial charge on any atom is -0.327 e. The maximum Gasteiger partial charge on any atom is 0.0114 e. The van der Waals surface area contributed by atoms with E-state index >= 15 is 0 Å². The molecular formula is C18H21NS. The fourth-order valence-corrected chi connectivity index (χ4v) is 5.03. The summed E-state index contributed by atoms with van der Waals surface area (Å²) in [5.41, 5.74) is 11.2. The highest BCUT2D eigenvalue weighted by Crippen LogP contribution is 2.42. The highest BCUT2D eigenvalue weighted by Gasteiger charge is 2.32. The van der Waals surface area contributed by atoms with Crippen molar-refractivity contribution < 1.29 is 0 Å². The molecule has 1 heterocycles. The highest BCUT2D eigenvalue weighted by molar-refractivity contribution is 7.10. The van der Waals surface area contributed by atoms with Gasteiger partial charge in [0.15, 0.2) is 0 Å². The standard InChI is InChI=1S/C18H21NS/c19-17(11-13-10-12-4-1-2-5-14(12)13)15-6-3-7-18-16(15)8-9-20-18/h1-2,4-5,8-9,13,15,17H,3,6-7,10-11,19H2. The number of hydrogen-bond acceptors (Lipinski definition) is 2. The third kappa shape index (κ3) is 2.02. The number of benzene rings is 1. The van der Waals surface area contributed by atoms with Gasteiger partial charge in [0.2, 0.25) is 0 Å². The maximum atomic E-state index is 6.59. The number of fused-ring (bicyclic) bond motifs is 2. The lowest BCUT2D eigenvalue weighted by Gasteiger charge is -2.35. The molecule has 2 aromatic rings. The Morgan fingerprint density at radius 1 is 1.20 bits per heavy atom. The van der Waals surface area contributed by atoms with Gasteiger partial charge >= 0.3 is 0 Å². The van der Waals surface area contributed by atoms with E-state index in [4.69, 9.17) is 5.73 Å². The fraction of sp³-hybridized carbons (Fsp3) is 0.444. The highest BCUT2D eigenvalue weighted by atomic mass is 32.1. The molecule has 0 saturated carbocycles. The molecule has 0 fully saturated rings. The van der Waals surface area contributed by atoms with E-state index in [1.165, 1.54) is 31.2 Å². The summed E-state index contributed by atoms with van der Waals surface area (Å²) in [6.07, 6.45) is 6.24. The molecule has 0 amide bonds. The lowest BCUT2D eigenvalue weighted by atomic mass is 9.71. The quantitative estimate of drug-likeness (QED) is 0.896. The summed E-state index contributed by atoms with van der Waals surface area (Å²) in [5, 5.41) is 2.24. The van der Waals surface area contributed by atoms with Gasteiger partial charge in [-0.25, -0.2) is 0 Å². The summed E-state index contributed by atoms with van der Waals surface area (Å²) in [7, 11) is 0. The SMILES string of the molecule is NC(CC1Cc2ccccc21)C1CCCc2sccc21. The Morgan fingerprint density at radius 3 is 3.00 bits per heavy atom. The van der Waals surface area contributed by atoms with Gasteiger partial charge in [0, 0.05) is 16.8 Å². The van der Waals surface area contributed by atoms with Crippen molar-refractivity contribution in [1.29, 1.82) is 0 Å². The van der Waals surface area contributed by atoms with E-state index < -0.39 is 0 Å². The Balaban J connectivity index is 1.49. The van der Waals surface area contributed by atoms with Gasteiger partial charge in [-0.2, -0.15) is 0 Å². The molecule has 2 aliphatic rings. The predicted molar refractivity (Wildman–Crippen MR) is 85.5 cm³/mol. The largest absolute Gasteiger partial charge is 0.327 e. The van der Waals surface area contributed by atoms with Crippen LogP contribution in [0.4, 0.5) is 0 Å². The Hall–Kier alpha value is -1.12. The number of nitrogens with two attached hydrogens (primary N) is 1. The monoisotopic (exact) mass is 283 g/mol. The summed E-state index contributed by atoms with van der Waals surface area (Å²) < 4.78 is 0. The van der Waals surface area contributed by atoms with Crippen molar-refractivity contribution in [3.63, 3.8) is 0 Å². The third-order valence-corrected chi connectivity index (χ3v) is 6.13. The molecule has 0 spiro atoms. The van der Waals surface area contributed by atoms with Crippen LogP contribution >= 0.6 is 11.3 Å². The van der Waals surface area contributed by atoms with Crippen molar-refractivity contribution in [3.8, 4) is 0 Å². The van der Waals surface area contributed by atoms with Gasteiger partial charge in [-0.1, -0.05) is 24.3 Å². The Morgan fingerprint density at radius 2 is 2.10 bits per heavy atom. The maximum absolute atomic E-state index is 6.59. The second-order valence-electron chi connectivity index (χ2n) is 6.30. The average molecular weight is 283 g/mol. The summed E-state index contributed by atoms with van der Waals surface area (Å²) >= 11 is 1.92. The van der Waals surface area contributed by atoms with Crippen LogP contribution in [-0.4, -0.2) is 6.04 Å². The first-order valence-electron chi connectivity index (χ1n) is 7.72. The molecule has 1 aromatic carbocycles. The molecule has 3 unspecified atom stereocenters. The van der Waals surface area contributed by atoms with Crippen LogP contribution in [0.2, 0.25) is 0 Å². The number of hydrogen-bond donors (Lipinski definition) is 1. The molecule has 0 radical (unpaired) electrons. The summed E-state index contributed by atoms with van der Waals surface area (Å²) in [6.45, 7) is 0. The molecule has 2 aliphatic carbocycles. The van der Waals surface area contributed by atoms with E-state index in [9.17, 15) is 0 Å². The molecule has 20 heavy (non-hydrogen) atoms. The van der Waals surface area contributed by atoms with Gasteiger partial charge in [0.25, 0.3) is 0 Å². The predicted octanol–water partition coefficient (Wildman–Crippen LogP) is 4.23. The van der Waals surface area contributed by atoms with Gasteiger partial charge in [-0.05, 0) is 66.2 Å². The second kappa shape index (κ2) is 5.01. The minimum absolute atomic E-state index is 0.321. The first-order valence-corrected chi connectivity index (χ1v) is 8.60. The Kier molecular flexibility index (Phi) is 3.16. The summed E-state index contributed by atoms with van der Waals surface area (Å²) in [4.78, 5) is 1.59. The molecule has 104 valence electrons. The van der Waals surface area contributed by atoms with Crippen LogP contribution in [0.25, 0.3) is 0 Å². The van der Waals surface area contributed by atoms with Crippen LogP contribution in [0.3, 0.4) is 0 Å². The van der Waals surface area contributed by atoms with Crippen LogP contribution in [0.5, 0.6) is 0 Å². The molecule has 2 N–H and O–H groups in total. The summed E-state index contributed by atoms with van der Waals surface area (Å²) in [5.74, 6) is 1.29. The van der Waals surface area contributed by atoms with Crippen LogP contribution in [0, 0.1) is 0 Å². The fourth-order valence-electron chi connectivity index (χ4n) is 4.03. The molecule has 2 heteroatoms. The van der Waals surface area contributed by atoms with Crippen LogP contribution in [-0.2, 0) is 12.8 Å². The van der Waals surface area contributed by atoms with E-state index in [1.54, 1.807) is 16.0 Å². The topological polar surface area (TPSA) is 26.0 Å². The zero-order chi connectivity index (χ0) is 13.5. The second-order valence-corrected chi connectivity index (χ2v) is 7.30. The van der Waals surface area contributed by atoms with Crippen molar-refractivity contribution in [2.75, 3.05) is 0 Å². The van der Waals surface area contributed by atoms with Crippen molar-refractivity contribution in [3.05, 3.63) is 57.3 Å². The van der Waals surface area contributed by atoms with E-state index in [-0.39, 0.29) is 0 Å². The lowest BCUT2D eigenvalue weighted by molar-refractivity contribution is 0.400. The molecule has 0 aliphatic heterocycles. The normalized spacial score (nSPS) is 25.4. The molecule has 4 rings (SSSR count). The van der Waals surface area contributed by atoms with Gasteiger partial charge in [-0.15, -0.1) is 11.3 Å². The van der Waals surface area contributed by atoms with Crippen LogP contribution < -0.4 is 5.73 Å². The smallest absolute Gasteiger partial charge is 0.0114 e. The first-order chi connectivity index (χ1) is 9.83. The van der Waals surface area contributed by atoms with E-state index in [0.717, 1.165) is 6.42 Å². The van der Waals surface area contributed by atoms with Crippen molar-refractivity contribution in [1.82, 2.24) is 0 Å². The summed E-state index contributed by atoms with van der Waals surface area (Å²) in [6, 6.07) is 11.5. The van der Waals surface area contributed by atoms with Crippen LogP contribution in [0.15, 0.2) is 35.7 Å². The van der Waals surface area contributed by atoms with Gasteiger partial charge in [0.05, 0.1) is 0 Å². The molecule has 1 nitrogen and oxygen atoms in total. The van der Waals surface area contributed by atoms with Crippen molar-refractivity contribution >= 4 is 11.3 Å². The lowest BCUT2D eigenvalue weighted by Crippen LogP contribution is -2.34. The third-order valence-electron chi connectivity index (χ3n) is 5.13. The first kappa shape index (κ1) is 12.6. The molecule has 1 aromatic heterocycles.